The molecule has 2 N–H and O–H groups in total. The van der Waals surface area contributed by atoms with Gasteiger partial charge in [-0.2, -0.15) is 0 Å². The molecule has 1 aliphatic heterocycles. The summed E-state index contributed by atoms with van der Waals surface area (Å²) in [4.78, 5) is 12.4. The highest BCUT2D eigenvalue weighted by atomic mass is 16.1. The van der Waals surface area contributed by atoms with Gasteiger partial charge >= 0.3 is 0 Å². The second-order valence-electron chi connectivity index (χ2n) is 5.73. The zero-order valence-electron chi connectivity index (χ0n) is 12.4. The normalized spacial score (nSPS) is 16.8. The van der Waals surface area contributed by atoms with Crippen LogP contribution < -0.4 is 10.6 Å². The van der Waals surface area contributed by atoms with Gasteiger partial charge in [-0.1, -0.05) is 24.3 Å². The third-order valence-electron chi connectivity index (χ3n) is 4.17. The van der Waals surface area contributed by atoms with Gasteiger partial charge in [-0.05, 0) is 55.2 Å². The Kier molecular flexibility index (Phi) is 3.65. The van der Waals surface area contributed by atoms with Gasteiger partial charge in [0.05, 0.1) is 5.92 Å². The Morgan fingerprint density at radius 3 is 2.76 bits per heavy atom. The van der Waals surface area contributed by atoms with Crippen molar-refractivity contribution in [2.45, 2.75) is 20.3 Å². The van der Waals surface area contributed by atoms with Gasteiger partial charge in [0.25, 0.3) is 0 Å². The van der Waals surface area contributed by atoms with Gasteiger partial charge in [-0.3, -0.25) is 4.79 Å². The van der Waals surface area contributed by atoms with Crippen molar-refractivity contribution in [3.8, 4) is 0 Å². The zero-order valence-corrected chi connectivity index (χ0v) is 12.4. The fraction of sp³-hybridized carbons (Fsp3) is 0.278. The molecule has 0 spiro atoms. The maximum Gasteiger partial charge on any atom is 0.229 e. The van der Waals surface area contributed by atoms with Crippen molar-refractivity contribution < 1.29 is 4.79 Å². The van der Waals surface area contributed by atoms with E-state index in [0.717, 1.165) is 17.8 Å². The first-order valence-electron chi connectivity index (χ1n) is 7.33. The van der Waals surface area contributed by atoms with Crippen LogP contribution in [0, 0.1) is 19.8 Å². The van der Waals surface area contributed by atoms with Crippen LogP contribution in [0.1, 0.15) is 16.7 Å². The highest BCUT2D eigenvalue weighted by molar-refractivity contribution is 5.93. The molecule has 0 saturated heterocycles. The van der Waals surface area contributed by atoms with E-state index < -0.39 is 0 Å². The standard InChI is InChI=1S/C18H20N2O/c1-12-7-8-16(9-13(12)2)20-18(21)15-10-14-5-3-4-6-17(14)19-11-15/h3-9,15,19H,10-11H2,1-2H3,(H,20,21). The summed E-state index contributed by atoms with van der Waals surface area (Å²) in [5, 5.41) is 6.37. The minimum absolute atomic E-state index is 0.0264. The fourth-order valence-electron chi connectivity index (χ4n) is 2.69. The number of anilines is 2. The van der Waals surface area contributed by atoms with Crippen molar-refractivity contribution in [2.24, 2.45) is 5.92 Å². The first-order valence-corrected chi connectivity index (χ1v) is 7.33. The molecule has 0 fully saturated rings. The molecule has 2 aromatic rings. The molecular weight excluding hydrogens is 260 g/mol. The summed E-state index contributed by atoms with van der Waals surface area (Å²) in [6, 6.07) is 14.2. The molecule has 21 heavy (non-hydrogen) atoms. The molecule has 1 atom stereocenters. The molecule has 0 saturated carbocycles. The topological polar surface area (TPSA) is 41.1 Å². The second-order valence-corrected chi connectivity index (χ2v) is 5.73. The molecule has 108 valence electrons. The molecule has 3 nitrogen and oxygen atoms in total. The van der Waals surface area contributed by atoms with Gasteiger partial charge in [-0.15, -0.1) is 0 Å². The van der Waals surface area contributed by atoms with Gasteiger partial charge in [0.1, 0.15) is 0 Å². The highest BCUT2D eigenvalue weighted by Gasteiger charge is 2.24. The number of hydrogen-bond acceptors (Lipinski definition) is 2. The molecule has 1 heterocycles. The van der Waals surface area contributed by atoms with E-state index in [0.29, 0.717) is 6.54 Å². The average molecular weight is 280 g/mol. The van der Waals surface area contributed by atoms with Crippen molar-refractivity contribution in [1.82, 2.24) is 0 Å². The highest BCUT2D eigenvalue weighted by Crippen LogP contribution is 2.25. The Labute approximate surface area is 125 Å². The lowest BCUT2D eigenvalue weighted by molar-refractivity contribution is -0.119. The first-order chi connectivity index (χ1) is 10.1. The fourth-order valence-corrected chi connectivity index (χ4v) is 2.69. The van der Waals surface area contributed by atoms with Crippen molar-refractivity contribution >= 4 is 17.3 Å². The van der Waals surface area contributed by atoms with Crippen molar-refractivity contribution in [1.29, 1.82) is 0 Å². The quantitative estimate of drug-likeness (QED) is 0.883. The molecule has 3 rings (SSSR count). The molecule has 1 amide bonds. The number of hydrogen-bond donors (Lipinski definition) is 2. The summed E-state index contributed by atoms with van der Waals surface area (Å²) < 4.78 is 0. The smallest absolute Gasteiger partial charge is 0.229 e. The van der Waals surface area contributed by atoms with E-state index in [2.05, 4.69) is 36.6 Å². The summed E-state index contributed by atoms with van der Waals surface area (Å²) in [6.07, 6.45) is 0.792. The van der Waals surface area contributed by atoms with E-state index in [-0.39, 0.29) is 11.8 Å². The molecule has 0 aromatic heterocycles. The number of amides is 1. The molecule has 3 heteroatoms. The lowest BCUT2D eigenvalue weighted by Crippen LogP contribution is -2.33. The number of carbonyl (C=O) groups excluding carboxylic acids is 1. The Morgan fingerprint density at radius 2 is 1.95 bits per heavy atom. The van der Waals surface area contributed by atoms with Crippen LogP contribution in [0.15, 0.2) is 42.5 Å². The van der Waals surface area contributed by atoms with Gasteiger partial charge in [0, 0.05) is 17.9 Å². The number of carbonyl (C=O) groups is 1. The van der Waals surface area contributed by atoms with Crippen LogP contribution in [0.2, 0.25) is 0 Å². The Bertz CT molecular complexity index is 679. The summed E-state index contributed by atoms with van der Waals surface area (Å²) in [5.41, 5.74) is 5.67. The van der Waals surface area contributed by atoms with E-state index in [4.69, 9.17) is 0 Å². The summed E-state index contributed by atoms with van der Waals surface area (Å²) in [7, 11) is 0. The number of rotatable bonds is 2. The molecule has 0 aliphatic carbocycles. The number of para-hydroxylation sites is 1. The number of nitrogens with one attached hydrogen (secondary N) is 2. The third-order valence-corrected chi connectivity index (χ3v) is 4.17. The van der Waals surface area contributed by atoms with E-state index in [1.807, 2.05) is 30.3 Å². The van der Waals surface area contributed by atoms with Gasteiger partial charge < -0.3 is 10.6 Å². The SMILES string of the molecule is Cc1ccc(NC(=O)C2CNc3ccccc3C2)cc1C. The third kappa shape index (κ3) is 2.92. The Morgan fingerprint density at radius 1 is 1.14 bits per heavy atom. The second kappa shape index (κ2) is 5.60. The van der Waals surface area contributed by atoms with Crippen molar-refractivity contribution in [2.75, 3.05) is 17.2 Å². The lowest BCUT2D eigenvalue weighted by Gasteiger charge is -2.25. The first kappa shape index (κ1) is 13.7. The van der Waals surface area contributed by atoms with Crippen LogP contribution in [0.25, 0.3) is 0 Å². The maximum atomic E-state index is 12.4. The largest absolute Gasteiger partial charge is 0.384 e. The van der Waals surface area contributed by atoms with Crippen LogP contribution in [0.5, 0.6) is 0 Å². The van der Waals surface area contributed by atoms with Crippen LogP contribution in [0.3, 0.4) is 0 Å². The number of aryl methyl sites for hydroxylation is 2. The predicted molar refractivity (Wildman–Crippen MR) is 86.7 cm³/mol. The number of fused-ring (bicyclic) bond motifs is 1. The molecule has 0 bridgehead atoms. The average Bonchev–Trinajstić information content (AvgIpc) is 2.50. The number of benzene rings is 2. The van der Waals surface area contributed by atoms with Crippen LogP contribution in [-0.2, 0) is 11.2 Å². The summed E-state index contributed by atoms with van der Waals surface area (Å²) >= 11 is 0. The van der Waals surface area contributed by atoms with Crippen molar-refractivity contribution in [3.05, 3.63) is 59.2 Å². The van der Waals surface area contributed by atoms with E-state index in [1.54, 1.807) is 0 Å². The minimum Gasteiger partial charge on any atom is -0.384 e. The van der Waals surface area contributed by atoms with Gasteiger partial charge in [0.2, 0.25) is 5.91 Å². The molecule has 1 aliphatic rings. The molecule has 0 radical (unpaired) electrons. The molecule has 2 aromatic carbocycles. The predicted octanol–water partition coefficient (Wildman–Crippen LogP) is 3.53. The van der Waals surface area contributed by atoms with Crippen LogP contribution in [-0.4, -0.2) is 12.5 Å². The van der Waals surface area contributed by atoms with E-state index >= 15 is 0 Å². The Balaban J connectivity index is 1.70. The van der Waals surface area contributed by atoms with E-state index in [9.17, 15) is 4.79 Å². The zero-order chi connectivity index (χ0) is 14.8. The lowest BCUT2D eigenvalue weighted by atomic mass is 9.93. The van der Waals surface area contributed by atoms with Gasteiger partial charge in [-0.25, -0.2) is 0 Å². The summed E-state index contributed by atoms with van der Waals surface area (Å²) in [5.74, 6) is 0.0572. The van der Waals surface area contributed by atoms with Crippen LogP contribution >= 0.6 is 0 Å². The van der Waals surface area contributed by atoms with Crippen LogP contribution in [0.4, 0.5) is 11.4 Å². The van der Waals surface area contributed by atoms with E-state index in [1.165, 1.54) is 16.7 Å². The molecule has 1 unspecified atom stereocenters. The summed E-state index contributed by atoms with van der Waals surface area (Å²) in [6.45, 7) is 4.82. The maximum absolute atomic E-state index is 12.4. The van der Waals surface area contributed by atoms with Gasteiger partial charge in [0.15, 0.2) is 0 Å². The minimum atomic E-state index is -0.0264. The Hall–Kier alpha value is -2.29. The van der Waals surface area contributed by atoms with Crippen molar-refractivity contribution in [3.63, 3.8) is 0 Å². The molecular formula is C18H20N2O. The monoisotopic (exact) mass is 280 g/mol.